The number of para-hydroxylation sites is 1. The SMILES string of the molecule is COc1cc(Br)c(CNc2cccc3c2OC(C)(C)C=C3)cc1OC. The molecule has 0 atom stereocenters. The lowest BCUT2D eigenvalue weighted by Gasteiger charge is -2.29. The molecule has 5 heteroatoms. The zero-order valence-electron chi connectivity index (χ0n) is 14.9. The molecular weight excluding hydrogens is 382 g/mol. The number of nitrogens with one attached hydrogen (secondary N) is 1. The number of rotatable bonds is 5. The lowest BCUT2D eigenvalue weighted by molar-refractivity contribution is 0.160. The van der Waals surface area contributed by atoms with Crippen molar-refractivity contribution < 1.29 is 14.2 Å². The van der Waals surface area contributed by atoms with E-state index in [1.165, 1.54) is 0 Å². The zero-order valence-corrected chi connectivity index (χ0v) is 16.4. The van der Waals surface area contributed by atoms with Gasteiger partial charge in [0.2, 0.25) is 0 Å². The van der Waals surface area contributed by atoms with E-state index in [2.05, 4.69) is 39.5 Å². The Balaban J connectivity index is 1.85. The number of ether oxygens (including phenoxy) is 3. The van der Waals surface area contributed by atoms with Crippen molar-refractivity contribution in [1.82, 2.24) is 0 Å². The summed E-state index contributed by atoms with van der Waals surface area (Å²) >= 11 is 3.60. The zero-order chi connectivity index (χ0) is 18.0. The minimum atomic E-state index is -0.311. The normalized spacial score (nSPS) is 14.4. The smallest absolute Gasteiger partial charge is 0.161 e. The molecule has 0 spiro atoms. The molecule has 0 amide bonds. The molecule has 0 bridgehead atoms. The van der Waals surface area contributed by atoms with Crippen LogP contribution in [0.2, 0.25) is 0 Å². The summed E-state index contributed by atoms with van der Waals surface area (Å²) in [5.74, 6) is 2.29. The molecule has 2 aromatic rings. The monoisotopic (exact) mass is 403 g/mol. The first-order chi connectivity index (χ1) is 11.9. The van der Waals surface area contributed by atoms with Gasteiger partial charge in [0.05, 0.1) is 19.9 Å². The molecule has 2 aromatic carbocycles. The van der Waals surface area contributed by atoms with Crippen molar-refractivity contribution >= 4 is 27.7 Å². The second-order valence-electron chi connectivity index (χ2n) is 6.41. The van der Waals surface area contributed by atoms with Crippen LogP contribution in [0.25, 0.3) is 6.08 Å². The fourth-order valence-corrected chi connectivity index (χ4v) is 3.21. The maximum Gasteiger partial charge on any atom is 0.161 e. The van der Waals surface area contributed by atoms with E-state index in [1.807, 2.05) is 38.1 Å². The van der Waals surface area contributed by atoms with Crippen molar-refractivity contribution in [2.75, 3.05) is 19.5 Å². The van der Waals surface area contributed by atoms with Crippen LogP contribution in [0.1, 0.15) is 25.0 Å². The van der Waals surface area contributed by atoms with Crippen LogP contribution in [-0.4, -0.2) is 19.8 Å². The Bertz CT molecular complexity index is 815. The van der Waals surface area contributed by atoms with Crippen molar-refractivity contribution in [3.8, 4) is 17.2 Å². The largest absolute Gasteiger partial charge is 0.493 e. The van der Waals surface area contributed by atoms with Gasteiger partial charge in [-0.05, 0) is 43.7 Å². The highest BCUT2D eigenvalue weighted by Gasteiger charge is 2.23. The van der Waals surface area contributed by atoms with Gasteiger partial charge in [0.15, 0.2) is 17.2 Å². The molecule has 0 saturated heterocycles. The highest BCUT2D eigenvalue weighted by Crippen LogP contribution is 2.38. The highest BCUT2D eigenvalue weighted by molar-refractivity contribution is 9.10. The quantitative estimate of drug-likeness (QED) is 0.738. The van der Waals surface area contributed by atoms with Crippen molar-refractivity contribution in [2.45, 2.75) is 26.0 Å². The van der Waals surface area contributed by atoms with E-state index in [9.17, 15) is 0 Å². The van der Waals surface area contributed by atoms with Crippen LogP contribution in [0.3, 0.4) is 0 Å². The van der Waals surface area contributed by atoms with E-state index in [1.54, 1.807) is 14.2 Å². The molecule has 0 radical (unpaired) electrons. The fraction of sp³-hybridized carbons (Fsp3) is 0.300. The molecule has 132 valence electrons. The van der Waals surface area contributed by atoms with Crippen LogP contribution in [0, 0.1) is 0 Å². The summed E-state index contributed by atoms with van der Waals surface area (Å²) < 4.78 is 17.8. The van der Waals surface area contributed by atoms with Crippen molar-refractivity contribution in [2.24, 2.45) is 0 Å². The lowest BCUT2D eigenvalue weighted by Crippen LogP contribution is -2.28. The maximum absolute atomic E-state index is 6.14. The number of anilines is 1. The van der Waals surface area contributed by atoms with Gasteiger partial charge in [0.25, 0.3) is 0 Å². The summed E-state index contributed by atoms with van der Waals surface area (Å²) in [6.45, 7) is 4.73. The summed E-state index contributed by atoms with van der Waals surface area (Å²) in [4.78, 5) is 0. The Labute approximate surface area is 156 Å². The van der Waals surface area contributed by atoms with Gasteiger partial charge in [0.1, 0.15) is 5.60 Å². The molecular formula is C20H22BrNO3. The molecule has 1 aliphatic rings. The van der Waals surface area contributed by atoms with E-state index >= 15 is 0 Å². The first kappa shape index (κ1) is 17.7. The molecule has 0 saturated carbocycles. The topological polar surface area (TPSA) is 39.7 Å². The predicted molar refractivity (Wildman–Crippen MR) is 105 cm³/mol. The van der Waals surface area contributed by atoms with Gasteiger partial charge in [0, 0.05) is 16.6 Å². The van der Waals surface area contributed by atoms with Crippen LogP contribution in [0.15, 0.2) is 40.9 Å². The summed E-state index contributed by atoms with van der Waals surface area (Å²) in [5, 5.41) is 3.47. The Morgan fingerprint density at radius 3 is 2.56 bits per heavy atom. The first-order valence-corrected chi connectivity index (χ1v) is 8.88. The van der Waals surface area contributed by atoms with Crippen LogP contribution < -0.4 is 19.5 Å². The maximum atomic E-state index is 6.14. The first-order valence-electron chi connectivity index (χ1n) is 8.09. The van der Waals surface area contributed by atoms with Crippen LogP contribution >= 0.6 is 15.9 Å². The third kappa shape index (κ3) is 3.76. The van der Waals surface area contributed by atoms with E-state index in [-0.39, 0.29) is 5.60 Å². The average Bonchev–Trinajstić information content (AvgIpc) is 2.59. The van der Waals surface area contributed by atoms with Crippen LogP contribution in [0.5, 0.6) is 17.2 Å². The summed E-state index contributed by atoms with van der Waals surface area (Å²) in [5.41, 5.74) is 2.81. The third-order valence-corrected chi connectivity index (χ3v) is 4.83. The summed E-state index contributed by atoms with van der Waals surface area (Å²) in [6, 6.07) is 9.99. The number of methoxy groups -OCH3 is 2. The highest BCUT2D eigenvalue weighted by atomic mass is 79.9. The van der Waals surface area contributed by atoms with E-state index in [0.29, 0.717) is 18.0 Å². The Morgan fingerprint density at radius 2 is 1.84 bits per heavy atom. The molecule has 1 N–H and O–H groups in total. The van der Waals surface area contributed by atoms with Crippen LogP contribution in [0.4, 0.5) is 5.69 Å². The van der Waals surface area contributed by atoms with E-state index in [4.69, 9.17) is 14.2 Å². The Hall–Kier alpha value is -2.14. The summed E-state index contributed by atoms with van der Waals surface area (Å²) in [6.07, 6.45) is 4.18. The Kier molecular flexibility index (Phi) is 4.95. The second-order valence-corrected chi connectivity index (χ2v) is 7.27. The van der Waals surface area contributed by atoms with Crippen molar-refractivity contribution in [3.05, 3.63) is 52.0 Å². The lowest BCUT2D eigenvalue weighted by atomic mass is 10.0. The molecule has 4 nitrogen and oxygen atoms in total. The van der Waals surface area contributed by atoms with Gasteiger partial charge in [-0.25, -0.2) is 0 Å². The van der Waals surface area contributed by atoms with Gasteiger partial charge < -0.3 is 19.5 Å². The van der Waals surface area contributed by atoms with Gasteiger partial charge in [-0.1, -0.05) is 34.1 Å². The van der Waals surface area contributed by atoms with Gasteiger partial charge >= 0.3 is 0 Å². The molecule has 0 aromatic heterocycles. The number of benzene rings is 2. The molecule has 1 heterocycles. The van der Waals surface area contributed by atoms with E-state index in [0.717, 1.165) is 27.0 Å². The number of fused-ring (bicyclic) bond motifs is 1. The van der Waals surface area contributed by atoms with Crippen LogP contribution in [-0.2, 0) is 6.54 Å². The molecule has 3 rings (SSSR count). The standard InChI is InChI=1S/C20H22BrNO3/c1-20(2)9-8-13-6-5-7-16(19(13)25-20)22-12-14-10-17(23-3)18(24-4)11-15(14)21/h5-11,22H,12H2,1-4H3. The average molecular weight is 404 g/mol. The molecule has 0 unspecified atom stereocenters. The van der Waals surface area contributed by atoms with Gasteiger partial charge in [-0.15, -0.1) is 0 Å². The van der Waals surface area contributed by atoms with E-state index < -0.39 is 0 Å². The fourth-order valence-electron chi connectivity index (χ4n) is 2.75. The molecule has 0 fully saturated rings. The second kappa shape index (κ2) is 7.00. The van der Waals surface area contributed by atoms with Gasteiger partial charge in [-0.2, -0.15) is 0 Å². The predicted octanol–water partition coefficient (Wildman–Crippen LogP) is 5.26. The summed E-state index contributed by atoms with van der Waals surface area (Å²) in [7, 11) is 3.27. The minimum Gasteiger partial charge on any atom is -0.493 e. The van der Waals surface area contributed by atoms with Gasteiger partial charge in [-0.3, -0.25) is 0 Å². The Morgan fingerprint density at radius 1 is 1.12 bits per heavy atom. The molecule has 0 aliphatic carbocycles. The minimum absolute atomic E-state index is 0.311. The number of hydrogen-bond donors (Lipinski definition) is 1. The van der Waals surface area contributed by atoms with Crippen molar-refractivity contribution in [3.63, 3.8) is 0 Å². The number of hydrogen-bond acceptors (Lipinski definition) is 4. The van der Waals surface area contributed by atoms with Crippen molar-refractivity contribution in [1.29, 1.82) is 0 Å². The molecule has 25 heavy (non-hydrogen) atoms. The molecule has 1 aliphatic heterocycles. The third-order valence-electron chi connectivity index (χ3n) is 4.10. The number of halogens is 1.